The standard InChI is InChI=1S/C11H12N2O7/c1-20-9-3-7(2-8(4-9)13(18)19)12(5-10(14)15)6-11(16)17/h2-4H,5-6H2,1H3,(H,14,15)(H,16,17). The van der Waals surface area contributed by atoms with E-state index < -0.39 is 30.0 Å². The number of aliphatic carboxylic acids is 2. The Morgan fingerprint density at radius 1 is 1.25 bits per heavy atom. The van der Waals surface area contributed by atoms with Crippen LogP contribution in [-0.4, -0.2) is 47.3 Å². The van der Waals surface area contributed by atoms with E-state index in [4.69, 9.17) is 14.9 Å². The molecule has 108 valence electrons. The third kappa shape index (κ3) is 4.12. The minimum atomic E-state index is -1.25. The van der Waals surface area contributed by atoms with Gasteiger partial charge in [-0.1, -0.05) is 0 Å². The van der Waals surface area contributed by atoms with Crippen LogP contribution in [0, 0.1) is 10.1 Å². The highest BCUT2D eigenvalue weighted by Crippen LogP contribution is 2.28. The molecule has 1 aromatic rings. The number of nitro groups is 1. The van der Waals surface area contributed by atoms with E-state index in [-0.39, 0.29) is 17.1 Å². The highest BCUT2D eigenvalue weighted by atomic mass is 16.6. The van der Waals surface area contributed by atoms with Crippen molar-refractivity contribution in [1.29, 1.82) is 0 Å². The Morgan fingerprint density at radius 3 is 2.20 bits per heavy atom. The lowest BCUT2D eigenvalue weighted by Gasteiger charge is -2.20. The highest BCUT2D eigenvalue weighted by Gasteiger charge is 2.18. The van der Waals surface area contributed by atoms with Crippen molar-refractivity contribution in [2.45, 2.75) is 0 Å². The van der Waals surface area contributed by atoms with E-state index in [2.05, 4.69) is 0 Å². The number of carboxylic acid groups (broad SMARTS) is 2. The molecule has 0 heterocycles. The molecule has 0 aliphatic heterocycles. The van der Waals surface area contributed by atoms with Gasteiger partial charge in [-0.2, -0.15) is 0 Å². The molecule has 0 aliphatic rings. The topological polar surface area (TPSA) is 130 Å². The number of ether oxygens (including phenoxy) is 1. The highest BCUT2D eigenvalue weighted by molar-refractivity contribution is 5.80. The molecule has 0 aromatic heterocycles. The summed E-state index contributed by atoms with van der Waals surface area (Å²) < 4.78 is 4.88. The normalized spacial score (nSPS) is 9.85. The lowest BCUT2D eigenvalue weighted by molar-refractivity contribution is -0.384. The molecule has 0 aliphatic carbocycles. The minimum absolute atomic E-state index is 0.0841. The van der Waals surface area contributed by atoms with Crippen molar-refractivity contribution in [2.75, 3.05) is 25.1 Å². The van der Waals surface area contributed by atoms with E-state index >= 15 is 0 Å². The van der Waals surface area contributed by atoms with Crippen molar-refractivity contribution >= 4 is 23.3 Å². The molecule has 0 fully saturated rings. The molecule has 0 atom stereocenters. The maximum Gasteiger partial charge on any atom is 0.323 e. The first-order chi connectivity index (χ1) is 9.33. The van der Waals surface area contributed by atoms with Crippen molar-refractivity contribution < 1.29 is 29.5 Å². The zero-order valence-corrected chi connectivity index (χ0v) is 10.5. The minimum Gasteiger partial charge on any atom is -0.496 e. The molecule has 0 radical (unpaired) electrons. The number of nitro benzene ring substituents is 1. The predicted octanol–water partition coefficient (Wildman–Crippen LogP) is 0.579. The van der Waals surface area contributed by atoms with Gasteiger partial charge in [-0.25, -0.2) is 0 Å². The predicted molar refractivity (Wildman–Crippen MR) is 67.1 cm³/mol. The van der Waals surface area contributed by atoms with Gasteiger partial charge in [0, 0.05) is 17.8 Å². The molecule has 9 heteroatoms. The van der Waals surface area contributed by atoms with Gasteiger partial charge >= 0.3 is 11.9 Å². The number of non-ortho nitro benzene ring substituents is 1. The number of benzene rings is 1. The maximum atomic E-state index is 10.8. The summed E-state index contributed by atoms with van der Waals surface area (Å²) in [5.41, 5.74) is -0.235. The molecule has 1 rings (SSSR count). The summed E-state index contributed by atoms with van der Waals surface area (Å²) in [6.07, 6.45) is 0. The molecule has 0 spiro atoms. The zero-order valence-electron chi connectivity index (χ0n) is 10.5. The fraction of sp³-hybridized carbons (Fsp3) is 0.273. The third-order valence-electron chi connectivity index (χ3n) is 2.34. The van der Waals surface area contributed by atoms with Gasteiger partial charge in [-0.15, -0.1) is 0 Å². The van der Waals surface area contributed by atoms with Gasteiger partial charge in [0.2, 0.25) is 0 Å². The largest absolute Gasteiger partial charge is 0.496 e. The molecule has 9 nitrogen and oxygen atoms in total. The lowest BCUT2D eigenvalue weighted by atomic mass is 10.2. The Bertz CT molecular complexity index is 528. The van der Waals surface area contributed by atoms with Crippen molar-refractivity contribution in [3.63, 3.8) is 0 Å². The summed E-state index contributed by atoms with van der Waals surface area (Å²) in [4.78, 5) is 32.6. The van der Waals surface area contributed by atoms with E-state index in [1.165, 1.54) is 13.2 Å². The number of carboxylic acids is 2. The summed E-state index contributed by atoms with van der Waals surface area (Å²) in [7, 11) is 1.29. The molecule has 0 bridgehead atoms. The number of hydrogen-bond donors (Lipinski definition) is 2. The van der Waals surface area contributed by atoms with Crippen LogP contribution in [0.15, 0.2) is 18.2 Å². The Morgan fingerprint density at radius 2 is 1.80 bits per heavy atom. The number of rotatable bonds is 7. The van der Waals surface area contributed by atoms with Gasteiger partial charge in [0.15, 0.2) is 0 Å². The van der Waals surface area contributed by atoms with E-state index in [1.54, 1.807) is 0 Å². The van der Waals surface area contributed by atoms with Crippen molar-refractivity contribution in [1.82, 2.24) is 0 Å². The van der Waals surface area contributed by atoms with Crippen LogP contribution in [0.4, 0.5) is 11.4 Å². The molecule has 2 N–H and O–H groups in total. The first-order valence-electron chi connectivity index (χ1n) is 5.35. The van der Waals surface area contributed by atoms with Gasteiger partial charge < -0.3 is 19.8 Å². The average Bonchev–Trinajstić information content (AvgIpc) is 2.36. The van der Waals surface area contributed by atoms with Gasteiger partial charge in [0.1, 0.15) is 18.8 Å². The Hall–Kier alpha value is -2.84. The molecular formula is C11H12N2O7. The fourth-order valence-corrected chi connectivity index (χ4v) is 1.54. The molecule has 0 saturated carbocycles. The molecule has 1 aromatic carbocycles. The number of hydrogen-bond acceptors (Lipinski definition) is 6. The molecule has 0 unspecified atom stereocenters. The van der Waals surface area contributed by atoms with Gasteiger partial charge in [0.25, 0.3) is 5.69 Å². The van der Waals surface area contributed by atoms with Gasteiger partial charge in [-0.05, 0) is 0 Å². The Kier molecular flexibility index (Phi) is 4.84. The van der Waals surface area contributed by atoms with E-state index in [0.29, 0.717) is 0 Å². The Balaban J connectivity index is 3.22. The SMILES string of the molecule is COc1cc(N(CC(=O)O)CC(=O)O)cc([N+](=O)[O-])c1. The quantitative estimate of drug-likeness (QED) is 0.549. The van der Waals surface area contributed by atoms with Crippen molar-refractivity contribution in [3.8, 4) is 5.75 Å². The van der Waals surface area contributed by atoms with Crippen LogP contribution in [0.3, 0.4) is 0 Å². The monoisotopic (exact) mass is 284 g/mol. The van der Waals surface area contributed by atoms with Gasteiger partial charge in [0.05, 0.1) is 18.1 Å². The maximum absolute atomic E-state index is 10.8. The summed E-state index contributed by atoms with van der Waals surface area (Å²) >= 11 is 0. The summed E-state index contributed by atoms with van der Waals surface area (Å²) in [6, 6.07) is 3.58. The molecular weight excluding hydrogens is 272 g/mol. The number of nitrogens with zero attached hydrogens (tertiary/aromatic N) is 2. The first kappa shape index (κ1) is 15.2. The second kappa shape index (κ2) is 6.36. The molecule has 0 amide bonds. The summed E-state index contributed by atoms with van der Waals surface area (Å²) in [5, 5.41) is 28.3. The summed E-state index contributed by atoms with van der Waals surface area (Å²) in [6.45, 7) is -1.20. The number of carbonyl (C=O) groups is 2. The van der Waals surface area contributed by atoms with Crippen LogP contribution in [0.25, 0.3) is 0 Å². The average molecular weight is 284 g/mol. The van der Waals surface area contributed by atoms with E-state index in [0.717, 1.165) is 17.0 Å². The van der Waals surface area contributed by atoms with E-state index in [9.17, 15) is 19.7 Å². The van der Waals surface area contributed by atoms with Gasteiger partial charge in [-0.3, -0.25) is 19.7 Å². The van der Waals surface area contributed by atoms with E-state index in [1.807, 2.05) is 0 Å². The molecule has 0 saturated heterocycles. The lowest BCUT2D eigenvalue weighted by Crippen LogP contribution is -2.34. The smallest absolute Gasteiger partial charge is 0.323 e. The van der Waals surface area contributed by atoms with Crippen LogP contribution in [0.5, 0.6) is 5.75 Å². The number of anilines is 1. The van der Waals surface area contributed by atoms with Crippen LogP contribution in [-0.2, 0) is 9.59 Å². The number of methoxy groups -OCH3 is 1. The van der Waals surface area contributed by atoms with Crippen molar-refractivity contribution in [2.24, 2.45) is 0 Å². The van der Waals surface area contributed by atoms with Crippen LogP contribution in [0.2, 0.25) is 0 Å². The first-order valence-corrected chi connectivity index (χ1v) is 5.35. The van der Waals surface area contributed by atoms with Crippen LogP contribution in [0.1, 0.15) is 0 Å². The molecule has 20 heavy (non-hydrogen) atoms. The third-order valence-corrected chi connectivity index (χ3v) is 2.34. The summed E-state index contributed by atoms with van der Waals surface area (Å²) in [5.74, 6) is -2.37. The van der Waals surface area contributed by atoms with Crippen LogP contribution < -0.4 is 9.64 Å². The second-order valence-electron chi connectivity index (χ2n) is 3.79. The second-order valence-corrected chi connectivity index (χ2v) is 3.79. The van der Waals surface area contributed by atoms with Crippen LogP contribution >= 0.6 is 0 Å². The zero-order chi connectivity index (χ0) is 15.3. The Labute approximate surface area is 113 Å². The fourth-order valence-electron chi connectivity index (χ4n) is 1.54. The van der Waals surface area contributed by atoms with Crippen molar-refractivity contribution in [3.05, 3.63) is 28.3 Å².